The zero-order chi connectivity index (χ0) is 8.10. The highest BCUT2D eigenvalue weighted by atomic mass is 16.6. The summed E-state index contributed by atoms with van der Waals surface area (Å²) in [6.45, 7) is 2.74. The molecule has 1 heterocycles. The topological polar surface area (TPSA) is 49.9 Å². The van der Waals surface area contributed by atoms with Crippen molar-refractivity contribution in [1.29, 1.82) is 0 Å². The molecule has 0 amide bonds. The maximum atomic E-state index is 4.69. The molecule has 1 rings (SSSR count). The van der Waals surface area contributed by atoms with Gasteiger partial charge in [-0.1, -0.05) is 6.92 Å². The molecule has 4 heteroatoms. The summed E-state index contributed by atoms with van der Waals surface area (Å²) in [7, 11) is 1.59. The lowest BCUT2D eigenvalue weighted by molar-refractivity contribution is 0.0858. The molecule has 1 aromatic heterocycles. The summed E-state index contributed by atoms with van der Waals surface area (Å²) in [4.78, 5) is 4.69. The van der Waals surface area contributed by atoms with Crippen molar-refractivity contribution in [2.24, 2.45) is 0 Å². The molecule has 0 saturated heterocycles. The van der Waals surface area contributed by atoms with Gasteiger partial charge in [-0.25, -0.2) is 0 Å². The molecule has 11 heavy (non-hydrogen) atoms. The number of hydrogen-bond acceptors (Lipinski definition) is 3. The van der Waals surface area contributed by atoms with Gasteiger partial charge in [0, 0.05) is 0 Å². The SMILES string of the molecule is CCc1cc(CNOC)[nH]n1. The third-order valence-corrected chi connectivity index (χ3v) is 1.45. The Morgan fingerprint density at radius 3 is 3.09 bits per heavy atom. The molecule has 0 bridgehead atoms. The van der Waals surface area contributed by atoms with Crippen LogP contribution in [0.25, 0.3) is 0 Å². The van der Waals surface area contributed by atoms with Gasteiger partial charge < -0.3 is 4.84 Å². The monoisotopic (exact) mass is 155 g/mol. The minimum absolute atomic E-state index is 0.670. The number of aromatic nitrogens is 2. The van der Waals surface area contributed by atoms with Crippen LogP contribution in [0.15, 0.2) is 6.07 Å². The molecule has 0 spiro atoms. The predicted molar refractivity (Wildman–Crippen MR) is 41.8 cm³/mol. The Hall–Kier alpha value is -0.870. The Morgan fingerprint density at radius 1 is 1.73 bits per heavy atom. The van der Waals surface area contributed by atoms with E-state index in [1.165, 1.54) is 0 Å². The third kappa shape index (κ3) is 2.32. The normalized spacial score (nSPS) is 10.4. The lowest BCUT2D eigenvalue weighted by Gasteiger charge is -1.95. The van der Waals surface area contributed by atoms with E-state index in [4.69, 9.17) is 4.84 Å². The molecule has 4 nitrogen and oxygen atoms in total. The van der Waals surface area contributed by atoms with Crippen molar-refractivity contribution in [3.05, 3.63) is 17.5 Å². The first-order valence-electron chi connectivity index (χ1n) is 3.65. The fraction of sp³-hybridized carbons (Fsp3) is 0.571. The van der Waals surface area contributed by atoms with E-state index in [9.17, 15) is 0 Å². The summed E-state index contributed by atoms with van der Waals surface area (Å²) < 4.78 is 0. The fourth-order valence-electron chi connectivity index (χ4n) is 0.831. The van der Waals surface area contributed by atoms with Crippen molar-refractivity contribution in [1.82, 2.24) is 15.7 Å². The Bertz CT molecular complexity index is 209. The van der Waals surface area contributed by atoms with Crippen LogP contribution in [0.3, 0.4) is 0 Å². The van der Waals surface area contributed by atoms with Gasteiger partial charge in [-0.15, -0.1) is 0 Å². The molecule has 1 aromatic rings. The van der Waals surface area contributed by atoms with Crippen molar-refractivity contribution < 1.29 is 4.84 Å². The number of nitrogens with one attached hydrogen (secondary N) is 2. The number of aromatic amines is 1. The number of hydroxylamine groups is 1. The largest absolute Gasteiger partial charge is 0.305 e. The second-order valence-corrected chi connectivity index (χ2v) is 2.26. The molecule has 0 radical (unpaired) electrons. The van der Waals surface area contributed by atoms with Crippen molar-refractivity contribution in [3.8, 4) is 0 Å². The van der Waals surface area contributed by atoms with Gasteiger partial charge in [-0.2, -0.15) is 10.6 Å². The van der Waals surface area contributed by atoms with E-state index in [-0.39, 0.29) is 0 Å². The van der Waals surface area contributed by atoms with Gasteiger partial charge in [0.15, 0.2) is 0 Å². The van der Waals surface area contributed by atoms with Crippen LogP contribution in [-0.2, 0) is 17.8 Å². The quantitative estimate of drug-likeness (QED) is 0.627. The first-order valence-corrected chi connectivity index (χ1v) is 3.65. The van der Waals surface area contributed by atoms with E-state index in [2.05, 4.69) is 22.6 Å². The first kappa shape index (κ1) is 8.23. The number of aryl methyl sites for hydroxylation is 1. The van der Waals surface area contributed by atoms with Gasteiger partial charge in [0.1, 0.15) is 0 Å². The lowest BCUT2D eigenvalue weighted by Crippen LogP contribution is -2.10. The van der Waals surface area contributed by atoms with Crippen molar-refractivity contribution in [3.63, 3.8) is 0 Å². The van der Waals surface area contributed by atoms with Gasteiger partial charge in [-0.05, 0) is 12.5 Å². The minimum Gasteiger partial charge on any atom is -0.305 e. The molecule has 0 aliphatic carbocycles. The Labute approximate surface area is 65.9 Å². The van der Waals surface area contributed by atoms with Crippen LogP contribution in [0.4, 0.5) is 0 Å². The van der Waals surface area contributed by atoms with E-state index in [1.54, 1.807) is 7.11 Å². The van der Waals surface area contributed by atoms with E-state index >= 15 is 0 Å². The van der Waals surface area contributed by atoms with E-state index in [0.29, 0.717) is 6.54 Å². The summed E-state index contributed by atoms with van der Waals surface area (Å²) in [5.41, 5.74) is 4.86. The second kappa shape index (κ2) is 4.10. The van der Waals surface area contributed by atoms with Crippen molar-refractivity contribution >= 4 is 0 Å². The predicted octanol–water partition coefficient (Wildman–Crippen LogP) is 0.623. The van der Waals surface area contributed by atoms with Gasteiger partial charge in [-0.3, -0.25) is 5.10 Å². The molecule has 0 atom stereocenters. The number of H-pyrrole nitrogens is 1. The van der Waals surface area contributed by atoms with E-state index < -0.39 is 0 Å². The standard InChI is InChI=1S/C7H13N3O/c1-3-6-4-7(10-9-6)5-8-11-2/h4,8H,3,5H2,1-2H3,(H,9,10). The van der Waals surface area contributed by atoms with Crippen LogP contribution < -0.4 is 5.48 Å². The van der Waals surface area contributed by atoms with Crippen molar-refractivity contribution in [2.75, 3.05) is 7.11 Å². The molecular weight excluding hydrogens is 142 g/mol. The average molecular weight is 155 g/mol. The van der Waals surface area contributed by atoms with Crippen LogP contribution in [0, 0.1) is 0 Å². The highest BCUT2D eigenvalue weighted by Crippen LogP contribution is 1.98. The van der Waals surface area contributed by atoms with E-state index in [1.807, 2.05) is 6.07 Å². The molecule has 0 aliphatic heterocycles. The summed E-state index contributed by atoms with van der Waals surface area (Å²) in [5.74, 6) is 0. The maximum Gasteiger partial charge on any atom is 0.0628 e. The van der Waals surface area contributed by atoms with Crippen LogP contribution in [-0.4, -0.2) is 17.3 Å². The molecule has 0 fully saturated rings. The van der Waals surface area contributed by atoms with Gasteiger partial charge in [0.05, 0.1) is 25.0 Å². The Balaban J connectivity index is 2.44. The molecule has 0 aromatic carbocycles. The summed E-state index contributed by atoms with van der Waals surface area (Å²) in [5, 5.41) is 6.97. The molecule has 0 aliphatic rings. The van der Waals surface area contributed by atoms with Crippen LogP contribution in [0.1, 0.15) is 18.3 Å². The van der Waals surface area contributed by atoms with E-state index in [0.717, 1.165) is 17.8 Å². The smallest absolute Gasteiger partial charge is 0.0628 e. The number of rotatable bonds is 4. The zero-order valence-electron chi connectivity index (χ0n) is 6.85. The number of hydrogen-bond donors (Lipinski definition) is 2. The van der Waals surface area contributed by atoms with Crippen molar-refractivity contribution in [2.45, 2.75) is 19.9 Å². The summed E-state index contributed by atoms with van der Waals surface area (Å²) >= 11 is 0. The average Bonchev–Trinajstić information content (AvgIpc) is 2.48. The number of nitrogens with zero attached hydrogens (tertiary/aromatic N) is 1. The lowest BCUT2D eigenvalue weighted by atomic mass is 10.3. The van der Waals surface area contributed by atoms with Crippen LogP contribution >= 0.6 is 0 Å². The molecule has 0 unspecified atom stereocenters. The molecule has 0 saturated carbocycles. The highest BCUT2D eigenvalue weighted by molar-refractivity contribution is 5.07. The van der Waals surface area contributed by atoms with Crippen LogP contribution in [0.2, 0.25) is 0 Å². The summed E-state index contributed by atoms with van der Waals surface area (Å²) in [6, 6.07) is 2.02. The fourth-order valence-corrected chi connectivity index (χ4v) is 0.831. The molecule has 62 valence electrons. The third-order valence-electron chi connectivity index (χ3n) is 1.45. The Morgan fingerprint density at radius 2 is 2.55 bits per heavy atom. The maximum absolute atomic E-state index is 4.69. The highest BCUT2D eigenvalue weighted by Gasteiger charge is 1.96. The molecular formula is C7H13N3O. The van der Waals surface area contributed by atoms with Gasteiger partial charge in [0.2, 0.25) is 0 Å². The summed E-state index contributed by atoms with van der Waals surface area (Å²) in [6.07, 6.45) is 0.962. The molecule has 2 N–H and O–H groups in total. The van der Waals surface area contributed by atoms with Gasteiger partial charge in [0.25, 0.3) is 0 Å². The zero-order valence-corrected chi connectivity index (χ0v) is 6.85. The van der Waals surface area contributed by atoms with Crippen LogP contribution in [0.5, 0.6) is 0 Å². The minimum atomic E-state index is 0.670. The van der Waals surface area contributed by atoms with Gasteiger partial charge >= 0.3 is 0 Å². The second-order valence-electron chi connectivity index (χ2n) is 2.26. The Kier molecular flexibility index (Phi) is 3.07. The first-order chi connectivity index (χ1) is 5.36.